The Balaban J connectivity index is 1.66. The van der Waals surface area contributed by atoms with E-state index in [4.69, 9.17) is 22.1 Å². The molecule has 0 atom stereocenters. The minimum Gasteiger partial charge on any atom is -0.378 e. The Morgan fingerprint density at radius 2 is 2.07 bits per heavy atom. The van der Waals surface area contributed by atoms with E-state index in [1.54, 1.807) is 18.5 Å². The molecule has 0 radical (unpaired) electrons. The highest BCUT2D eigenvalue weighted by Gasteiger charge is 2.21. The van der Waals surface area contributed by atoms with Crippen LogP contribution >= 0.6 is 22.9 Å². The Kier molecular flexibility index (Phi) is 5.61. The van der Waals surface area contributed by atoms with Crippen LogP contribution in [0.4, 0.5) is 16.8 Å². The number of anilines is 3. The molecule has 0 aliphatic carbocycles. The van der Waals surface area contributed by atoms with E-state index in [2.05, 4.69) is 25.2 Å². The number of benzene rings is 1. The molecule has 150 valence electrons. The molecule has 3 N–H and O–H groups in total. The van der Waals surface area contributed by atoms with Crippen molar-refractivity contribution in [3.05, 3.63) is 46.1 Å². The fraction of sp³-hybridized carbons (Fsp3) is 0.263. The first-order valence-corrected chi connectivity index (χ1v) is 10.2. The number of aromatic nitrogens is 3. The number of halogens is 1. The lowest BCUT2D eigenvalue weighted by Gasteiger charge is -2.27. The van der Waals surface area contributed by atoms with Crippen LogP contribution in [-0.2, 0) is 4.74 Å². The second kappa shape index (κ2) is 8.32. The second-order valence-corrected chi connectivity index (χ2v) is 7.89. The molecular weight excluding hydrogens is 412 g/mol. The average molecular weight is 431 g/mol. The van der Waals surface area contributed by atoms with Gasteiger partial charge in [0.15, 0.2) is 10.9 Å². The van der Waals surface area contributed by atoms with Crippen LogP contribution in [0, 0.1) is 6.92 Å². The van der Waals surface area contributed by atoms with Gasteiger partial charge in [-0.05, 0) is 18.6 Å². The molecular formula is C19H19ClN6O2S. The highest BCUT2D eigenvalue weighted by molar-refractivity contribution is 7.18. The number of amides is 1. The summed E-state index contributed by atoms with van der Waals surface area (Å²) >= 11 is 7.53. The predicted molar refractivity (Wildman–Crippen MR) is 114 cm³/mol. The van der Waals surface area contributed by atoms with Crippen molar-refractivity contribution >= 4 is 45.6 Å². The summed E-state index contributed by atoms with van der Waals surface area (Å²) in [5, 5.41) is 4.13. The molecule has 1 amide bonds. The van der Waals surface area contributed by atoms with Crippen LogP contribution < -0.4 is 16.0 Å². The zero-order valence-electron chi connectivity index (χ0n) is 15.7. The number of aryl methyl sites for hydroxylation is 1. The van der Waals surface area contributed by atoms with Crippen molar-refractivity contribution in [3.63, 3.8) is 0 Å². The summed E-state index contributed by atoms with van der Waals surface area (Å²) in [4.78, 5) is 27.9. The molecule has 1 aliphatic heterocycles. The smallest absolute Gasteiger partial charge is 0.261 e. The molecule has 1 fully saturated rings. The van der Waals surface area contributed by atoms with E-state index >= 15 is 0 Å². The van der Waals surface area contributed by atoms with E-state index in [0.29, 0.717) is 45.3 Å². The van der Waals surface area contributed by atoms with Crippen LogP contribution in [0.3, 0.4) is 0 Å². The molecule has 10 heteroatoms. The van der Waals surface area contributed by atoms with E-state index < -0.39 is 5.91 Å². The summed E-state index contributed by atoms with van der Waals surface area (Å²) in [7, 11) is 0. The van der Waals surface area contributed by atoms with Crippen LogP contribution in [-0.4, -0.2) is 47.2 Å². The molecule has 4 rings (SSSR count). The first-order chi connectivity index (χ1) is 14.0. The Labute approximate surface area is 176 Å². The molecule has 29 heavy (non-hydrogen) atoms. The van der Waals surface area contributed by atoms with Gasteiger partial charge in [-0.1, -0.05) is 35.1 Å². The Bertz CT molecular complexity index is 1030. The second-order valence-electron chi connectivity index (χ2n) is 6.48. The molecule has 3 heterocycles. The highest BCUT2D eigenvalue weighted by atomic mass is 35.5. The predicted octanol–water partition coefficient (Wildman–Crippen LogP) is 3.24. The number of nitrogens with two attached hydrogens (primary N) is 1. The number of rotatable bonds is 5. The third kappa shape index (κ3) is 4.16. The third-order valence-electron chi connectivity index (χ3n) is 4.50. The van der Waals surface area contributed by atoms with Gasteiger partial charge >= 0.3 is 0 Å². The summed E-state index contributed by atoms with van der Waals surface area (Å²) in [5.74, 6) is 0.728. The number of hydrogen-bond donors (Lipinski definition) is 2. The zero-order chi connectivity index (χ0) is 20.4. The summed E-state index contributed by atoms with van der Waals surface area (Å²) in [6, 6.07) is 5.53. The molecule has 1 aromatic carbocycles. The maximum Gasteiger partial charge on any atom is 0.261 e. The number of primary amides is 1. The van der Waals surface area contributed by atoms with E-state index in [-0.39, 0.29) is 0 Å². The van der Waals surface area contributed by atoms with Gasteiger partial charge in [-0.15, -0.1) is 0 Å². The van der Waals surface area contributed by atoms with Gasteiger partial charge in [0.25, 0.3) is 5.91 Å². The van der Waals surface area contributed by atoms with Crippen LogP contribution in [0.15, 0.2) is 30.6 Å². The quantitative estimate of drug-likeness (QED) is 0.639. The van der Waals surface area contributed by atoms with Gasteiger partial charge in [-0.25, -0.2) is 9.97 Å². The molecule has 0 unspecified atom stereocenters. The van der Waals surface area contributed by atoms with E-state index in [9.17, 15) is 4.79 Å². The summed E-state index contributed by atoms with van der Waals surface area (Å²) < 4.78 is 5.38. The van der Waals surface area contributed by atoms with Crippen molar-refractivity contribution in [1.29, 1.82) is 0 Å². The SMILES string of the molecule is Cc1cccc(Cl)c1-c1nc(Nc2cncc(N3CCOCC3)n2)sc1C(N)=O. The number of nitrogens with one attached hydrogen (secondary N) is 1. The maximum atomic E-state index is 12.0. The molecule has 1 aliphatic rings. The number of morpholine rings is 1. The fourth-order valence-electron chi connectivity index (χ4n) is 3.11. The monoisotopic (exact) mass is 430 g/mol. The van der Waals surface area contributed by atoms with E-state index in [1.165, 1.54) is 0 Å². The summed E-state index contributed by atoms with van der Waals surface area (Å²) in [6.07, 6.45) is 3.32. The molecule has 0 bridgehead atoms. The first-order valence-electron chi connectivity index (χ1n) is 9.01. The summed E-state index contributed by atoms with van der Waals surface area (Å²) in [5.41, 5.74) is 7.66. The normalized spacial score (nSPS) is 14.1. The maximum absolute atomic E-state index is 12.0. The molecule has 0 saturated carbocycles. The lowest BCUT2D eigenvalue weighted by molar-refractivity contribution is 0.100. The van der Waals surface area contributed by atoms with Gasteiger partial charge in [-0.3, -0.25) is 9.78 Å². The molecule has 0 spiro atoms. The Hall–Kier alpha value is -2.75. The van der Waals surface area contributed by atoms with Crippen molar-refractivity contribution in [3.8, 4) is 11.3 Å². The summed E-state index contributed by atoms with van der Waals surface area (Å²) in [6.45, 7) is 4.76. The minimum absolute atomic E-state index is 0.334. The first kappa shape index (κ1) is 19.6. The van der Waals surface area contributed by atoms with Gasteiger partial charge in [0.1, 0.15) is 10.7 Å². The van der Waals surface area contributed by atoms with Crippen molar-refractivity contribution in [1.82, 2.24) is 15.0 Å². The van der Waals surface area contributed by atoms with Crippen molar-refractivity contribution in [2.45, 2.75) is 6.92 Å². The van der Waals surface area contributed by atoms with Gasteiger partial charge < -0.3 is 20.7 Å². The molecule has 1 saturated heterocycles. The lowest BCUT2D eigenvalue weighted by Crippen LogP contribution is -2.36. The number of carbonyl (C=O) groups excluding carboxylic acids is 1. The Morgan fingerprint density at radius 1 is 1.28 bits per heavy atom. The molecule has 2 aromatic heterocycles. The number of thiazole rings is 1. The van der Waals surface area contributed by atoms with Gasteiger partial charge in [0, 0.05) is 18.7 Å². The van der Waals surface area contributed by atoms with Crippen LogP contribution in [0.5, 0.6) is 0 Å². The van der Waals surface area contributed by atoms with Crippen LogP contribution in [0.25, 0.3) is 11.3 Å². The minimum atomic E-state index is -0.557. The molecule has 8 nitrogen and oxygen atoms in total. The standard InChI is InChI=1S/C19H19ClN6O2S/c1-11-3-2-4-12(20)15(11)16-17(18(21)27)29-19(25-16)24-13-9-22-10-14(23-13)26-5-7-28-8-6-26/h2-4,9-10H,5-8H2,1H3,(H2,21,27)(H,23,24,25). The number of carbonyl (C=O) groups is 1. The van der Waals surface area contributed by atoms with Gasteiger partial charge in [0.2, 0.25) is 0 Å². The van der Waals surface area contributed by atoms with E-state index in [0.717, 1.165) is 35.8 Å². The number of ether oxygens (including phenoxy) is 1. The Morgan fingerprint density at radius 3 is 2.79 bits per heavy atom. The number of nitrogens with zero attached hydrogens (tertiary/aromatic N) is 4. The van der Waals surface area contributed by atoms with E-state index in [1.807, 2.05) is 19.1 Å². The average Bonchev–Trinajstić information content (AvgIpc) is 3.12. The zero-order valence-corrected chi connectivity index (χ0v) is 17.3. The van der Waals surface area contributed by atoms with Crippen molar-refractivity contribution in [2.24, 2.45) is 5.73 Å². The lowest BCUT2D eigenvalue weighted by atomic mass is 10.0. The highest BCUT2D eigenvalue weighted by Crippen LogP contribution is 2.37. The van der Waals surface area contributed by atoms with Crippen molar-refractivity contribution in [2.75, 3.05) is 36.5 Å². The third-order valence-corrected chi connectivity index (χ3v) is 5.80. The van der Waals surface area contributed by atoms with Crippen LogP contribution in [0.1, 0.15) is 15.2 Å². The fourth-order valence-corrected chi connectivity index (χ4v) is 4.25. The largest absolute Gasteiger partial charge is 0.378 e. The van der Waals surface area contributed by atoms with Crippen LogP contribution in [0.2, 0.25) is 5.02 Å². The van der Waals surface area contributed by atoms with Gasteiger partial charge in [0.05, 0.1) is 36.3 Å². The topological polar surface area (TPSA) is 106 Å². The van der Waals surface area contributed by atoms with Crippen molar-refractivity contribution < 1.29 is 9.53 Å². The van der Waals surface area contributed by atoms with Gasteiger partial charge in [-0.2, -0.15) is 0 Å². The molecule has 3 aromatic rings. The number of hydrogen-bond acceptors (Lipinski definition) is 8.